The zero-order valence-corrected chi connectivity index (χ0v) is 26.0. The van der Waals surface area contributed by atoms with Crippen LogP contribution in [0.5, 0.6) is 0 Å². The van der Waals surface area contributed by atoms with Gasteiger partial charge in [0.15, 0.2) is 0 Å². The number of aliphatic hydroxyl groups excluding tert-OH is 1. The molecule has 7 heteroatoms. The number of rotatable bonds is 5. The molecule has 0 aromatic heterocycles. The largest absolute Gasteiger partial charge is 0.511 e. The van der Waals surface area contributed by atoms with Gasteiger partial charge in [0.2, 0.25) is 0 Å². The van der Waals surface area contributed by atoms with Crippen LogP contribution < -0.4 is 5.32 Å². The van der Waals surface area contributed by atoms with E-state index in [9.17, 15) is 9.90 Å². The minimum Gasteiger partial charge on any atom is -0.511 e. The third-order valence-electron chi connectivity index (χ3n) is 9.67. The molecule has 0 spiro atoms. The Kier molecular flexibility index (Phi) is 7.12. The second-order valence-electron chi connectivity index (χ2n) is 12.0. The van der Waals surface area contributed by atoms with Gasteiger partial charge < -0.3 is 15.2 Å². The van der Waals surface area contributed by atoms with E-state index in [0.29, 0.717) is 25.0 Å². The fourth-order valence-electron chi connectivity index (χ4n) is 7.13. The number of terminal acetylenes is 1. The average molecular weight is 575 g/mol. The third-order valence-corrected chi connectivity index (χ3v) is 9.67. The molecule has 1 fully saturated rings. The molecule has 6 aliphatic rings. The zero-order chi connectivity index (χ0) is 30.7. The average Bonchev–Trinajstić information content (AvgIpc) is 3.74. The summed E-state index contributed by atoms with van der Waals surface area (Å²) < 4.78 is 4.98. The lowest BCUT2D eigenvalue weighted by atomic mass is 9.86. The number of nitrogens with one attached hydrogen (secondary N) is 1. The number of aliphatic hydroxyl groups is 1. The van der Waals surface area contributed by atoms with Gasteiger partial charge in [-0.1, -0.05) is 19.8 Å². The number of allylic oxidation sites excluding steroid dienone is 12. The number of esters is 1. The van der Waals surface area contributed by atoms with Crippen LogP contribution in [0.15, 0.2) is 106 Å². The van der Waals surface area contributed by atoms with E-state index in [0.717, 1.165) is 85.5 Å². The Morgan fingerprint density at radius 3 is 2.53 bits per heavy atom. The predicted octanol–water partition coefficient (Wildman–Crippen LogP) is 6.88. The lowest BCUT2D eigenvalue weighted by Gasteiger charge is -2.17. The molecule has 1 saturated heterocycles. The number of hydrogen-bond acceptors (Lipinski definition) is 7. The van der Waals surface area contributed by atoms with Crippen LogP contribution in [0.3, 0.4) is 0 Å². The van der Waals surface area contributed by atoms with E-state index in [1.54, 1.807) is 0 Å². The summed E-state index contributed by atoms with van der Waals surface area (Å²) in [5.74, 6) is 2.96. The highest BCUT2D eigenvalue weighted by Gasteiger charge is 2.41. The van der Waals surface area contributed by atoms with E-state index in [1.807, 2.05) is 19.9 Å². The topological polar surface area (TPSA) is 95.6 Å². The lowest BCUT2D eigenvalue weighted by Crippen LogP contribution is -2.16. The molecule has 1 aliphatic carbocycles. The molecule has 1 unspecified atom stereocenters. The van der Waals surface area contributed by atoms with Crippen molar-refractivity contribution in [3.63, 3.8) is 0 Å². The van der Waals surface area contributed by atoms with Crippen LogP contribution in [-0.2, 0) is 9.53 Å². The van der Waals surface area contributed by atoms with Crippen molar-refractivity contribution >= 4 is 23.1 Å². The number of hydrogen-bond donors (Lipinski definition) is 2. The SMILES string of the molecule is C#CC(C)C1=C(C)C2=NC1=CC1=NC(=CC3=C(C)C4=C(O)CC(=C5NC(=C2)[C@@H](C)[C@@H]5CCC(=O)OC)C4=N3)C(CC)=C1C. The number of fused-ring (bicyclic) bond motifs is 5. The Hall–Kier alpha value is -4.44. The van der Waals surface area contributed by atoms with Crippen LogP contribution in [0.1, 0.15) is 67.2 Å². The van der Waals surface area contributed by atoms with Crippen LogP contribution in [-0.4, -0.2) is 35.3 Å². The van der Waals surface area contributed by atoms with Gasteiger partial charge in [-0.25, -0.2) is 15.0 Å². The van der Waals surface area contributed by atoms with Gasteiger partial charge in [-0.2, -0.15) is 0 Å². The van der Waals surface area contributed by atoms with Crippen molar-refractivity contribution in [2.45, 2.75) is 67.2 Å². The van der Waals surface area contributed by atoms with Crippen LogP contribution in [0.2, 0.25) is 0 Å². The minimum absolute atomic E-state index is 0.0119. The van der Waals surface area contributed by atoms with Crippen LogP contribution in [0.4, 0.5) is 0 Å². The molecule has 0 amide bonds. The fourth-order valence-corrected chi connectivity index (χ4v) is 7.13. The first-order valence-electron chi connectivity index (χ1n) is 15.1. The number of methoxy groups -OCH3 is 1. The molecule has 7 nitrogen and oxygen atoms in total. The molecule has 0 aromatic carbocycles. The third kappa shape index (κ3) is 4.52. The maximum atomic E-state index is 12.2. The van der Waals surface area contributed by atoms with Gasteiger partial charge in [0, 0.05) is 53.1 Å². The molecule has 43 heavy (non-hydrogen) atoms. The van der Waals surface area contributed by atoms with Gasteiger partial charge >= 0.3 is 5.97 Å². The van der Waals surface area contributed by atoms with Gasteiger partial charge in [-0.05, 0) is 86.6 Å². The van der Waals surface area contributed by atoms with Crippen molar-refractivity contribution in [1.29, 1.82) is 0 Å². The molecule has 3 atom stereocenters. The number of carbonyl (C=O) groups is 1. The molecule has 0 aromatic rings. The molecular weight excluding hydrogens is 536 g/mol. The zero-order valence-electron chi connectivity index (χ0n) is 26.0. The molecule has 6 rings (SSSR count). The highest BCUT2D eigenvalue weighted by atomic mass is 16.5. The normalized spacial score (nSPS) is 25.0. The second kappa shape index (κ2) is 10.7. The molecule has 5 aliphatic heterocycles. The summed E-state index contributed by atoms with van der Waals surface area (Å²) in [6.45, 7) is 12.6. The van der Waals surface area contributed by atoms with Crippen LogP contribution in [0.25, 0.3) is 0 Å². The quantitative estimate of drug-likeness (QED) is 0.276. The first kappa shape index (κ1) is 28.7. The van der Waals surface area contributed by atoms with E-state index in [4.69, 9.17) is 26.1 Å². The van der Waals surface area contributed by atoms with Gasteiger partial charge in [-0.15, -0.1) is 6.42 Å². The molecular formula is C36H38N4O3. The van der Waals surface area contributed by atoms with Crippen molar-refractivity contribution in [1.82, 2.24) is 5.32 Å². The maximum absolute atomic E-state index is 12.2. The molecule has 2 N–H and O–H groups in total. The minimum atomic E-state index is -0.238. The Labute approximate surface area is 253 Å². The summed E-state index contributed by atoms with van der Waals surface area (Å²) in [7, 11) is 1.42. The van der Waals surface area contributed by atoms with Crippen LogP contribution >= 0.6 is 0 Å². The fraction of sp³-hybridized carbons (Fsp3) is 0.389. The monoisotopic (exact) mass is 574 g/mol. The predicted molar refractivity (Wildman–Crippen MR) is 171 cm³/mol. The van der Waals surface area contributed by atoms with Gasteiger partial charge in [0.05, 0.1) is 41.3 Å². The van der Waals surface area contributed by atoms with E-state index in [-0.39, 0.29) is 23.7 Å². The molecule has 5 heterocycles. The van der Waals surface area contributed by atoms with Gasteiger partial charge in [0.1, 0.15) is 5.76 Å². The van der Waals surface area contributed by atoms with Gasteiger partial charge in [0.25, 0.3) is 0 Å². The summed E-state index contributed by atoms with van der Waals surface area (Å²) >= 11 is 0. The van der Waals surface area contributed by atoms with Crippen molar-refractivity contribution < 1.29 is 14.6 Å². The van der Waals surface area contributed by atoms with E-state index in [1.165, 1.54) is 12.7 Å². The van der Waals surface area contributed by atoms with Crippen LogP contribution in [0, 0.1) is 30.1 Å². The summed E-state index contributed by atoms with van der Waals surface area (Å²) in [6, 6.07) is 0. The Morgan fingerprint density at radius 2 is 1.84 bits per heavy atom. The maximum Gasteiger partial charge on any atom is 0.305 e. The number of carbonyl (C=O) groups excluding carboxylic acids is 1. The number of aliphatic imine (C=N–C) groups is 3. The van der Waals surface area contributed by atoms with Crippen molar-refractivity contribution in [3.8, 4) is 12.3 Å². The summed E-state index contributed by atoms with van der Waals surface area (Å²) in [5, 5.41) is 14.9. The first-order valence-corrected chi connectivity index (χ1v) is 15.1. The highest BCUT2D eigenvalue weighted by molar-refractivity contribution is 6.21. The van der Waals surface area contributed by atoms with Crippen molar-refractivity contribution in [2.75, 3.05) is 7.11 Å². The molecule has 8 bridgehead atoms. The molecule has 220 valence electrons. The summed E-state index contributed by atoms with van der Waals surface area (Å²) in [5.41, 5.74) is 14.2. The Bertz CT molecular complexity index is 1770. The second-order valence-corrected chi connectivity index (χ2v) is 12.0. The van der Waals surface area contributed by atoms with Crippen molar-refractivity contribution in [2.24, 2.45) is 32.7 Å². The van der Waals surface area contributed by atoms with E-state index in [2.05, 4.69) is 51.1 Å². The Balaban J connectivity index is 1.61. The molecule has 0 saturated carbocycles. The highest BCUT2D eigenvalue weighted by Crippen LogP contribution is 2.46. The Morgan fingerprint density at radius 1 is 1.12 bits per heavy atom. The van der Waals surface area contributed by atoms with E-state index >= 15 is 0 Å². The van der Waals surface area contributed by atoms with Gasteiger partial charge in [-0.3, -0.25) is 4.79 Å². The molecule has 0 radical (unpaired) electrons. The summed E-state index contributed by atoms with van der Waals surface area (Å²) in [4.78, 5) is 27.5. The number of ether oxygens (including phenoxy) is 1. The lowest BCUT2D eigenvalue weighted by molar-refractivity contribution is -0.140. The summed E-state index contributed by atoms with van der Waals surface area (Å²) in [6.07, 6.45) is 14.3. The first-order chi connectivity index (χ1) is 20.6. The number of nitrogens with zero attached hydrogens (tertiary/aromatic N) is 3. The standard InChI is InChI=1S/C36H38N4O3/c1-9-17(3)33-20(6)27-14-26-19(5)23(11-12-32(42)43-8)35(39-26)24-13-31(41)34-21(7)28(40-36(24)34)15-29-22(10-2)18(4)25(37-29)16-30(33)38-27/h1,14-17,19,23,39,41H,10-13H2,2-8H3/t17?,19-,23-/m0/s1. The smallest absolute Gasteiger partial charge is 0.305 e. The van der Waals surface area contributed by atoms with Crippen molar-refractivity contribution in [3.05, 3.63) is 91.5 Å². The van der Waals surface area contributed by atoms with E-state index < -0.39 is 0 Å².